The third-order valence-corrected chi connectivity index (χ3v) is 5.50. The Morgan fingerprint density at radius 1 is 1.00 bits per heavy atom. The summed E-state index contributed by atoms with van der Waals surface area (Å²) in [6.07, 6.45) is -4.58. The summed E-state index contributed by atoms with van der Waals surface area (Å²) < 4.78 is 41.9. The van der Waals surface area contributed by atoms with Crippen LogP contribution >= 0.6 is 11.3 Å². The highest BCUT2D eigenvalue weighted by molar-refractivity contribution is 7.17. The molecule has 0 amide bonds. The molecule has 29 heavy (non-hydrogen) atoms. The number of halogens is 3. The molecule has 0 atom stereocenters. The second-order valence-electron chi connectivity index (χ2n) is 6.68. The first-order chi connectivity index (χ1) is 13.8. The van der Waals surface area contributed by atoms with Crippen LogP contribution in [-0.4, -0.2) is 9.13 Å². The SMILES string of the molecule is Cc1cccc(Cn2c(=O)n(-c3cccc(C(F)(F)F)c3)c(=O)c3sccc32)c1. The van der Waals surface area contributed by atoms with Crippen LogP contribution in [0, 0.1) is 6.92 Å². The summed E-state index contributed by atoms with van der Waals surface area (Å²) in [6.45, 7) is 2.13. The van der Waals surface area contributed by atoms with Gasteiger partial charge in [-0.3, -0.25) is 9.36 Å². The third kappa shape index (κ3) is 3.51. The van der Waals surface area contributed by atoms with Gasteiger partial charge in [-0.25, -0.2) is 9.36 Å². The molecule has 0 spiro atoms. The summed E-state index contributed by atoms with van der Waals surface area (Å²) in [5.41, 5.74) is 0.00867. The smallest absolute Gasteiger partial charge is 0.288 e. The van der Waals surface area contributed by atoms with Crippen molar-refractivity contribution in [1.82, 2.24) is 9.13 Å². The summed E-state index contributed by atoms with van der Waals surface area (Å²) in [5.74, 6) is 0. The molecule has 0 aliphatic carbocycles. The Kier molecular flexibility index (Phi) is 4.66. The number of aryl methyl sites for hydroxylation is 1. The van der Waals surface area contributed by atoms with Crippen LogP contribution in [-0.2, 0) is 12.7 Å². The maximum absolute atomic E-state index is 13.2. The average molecular weight is 416 g/mol. The Morgan fingerprint density at radius 2 is 1.76 bits per heavy atom. The van der Waals surface area contributed by atoms with Crippen LogP contribution in [0.5, 0.6) is 0 Å². The van der Waals surface area contributed by atoms with Crippen molar-refractivity contribution in [1.29, 1.82) is 0 Å². The Morgan fingerprint density at radius 3 is 2.48 bits per heavy atom. The molecule has 4 aromatic rings. The van der Waals surface area contributed by atoms with Crippen molar-refractivity contribution in [3.8, 4) is 5.69 Å². The number of aromatic nitrogens is 2. The van der Waals surface area contributed by atoms with Crippen molar-refractivity contribution >= 4 is 21.6 Å². The number of rotatable bonds is 3. The van der Waals surface area contributed by atoms with Crippen molar-refractivity contribution in [3.05, 3.63) is 97.5 Å². The Hall–Kier alpha value is -3.13. The molecule has 0 N–H and O–H groups in total. The Bertz CT molecular complexity index is 1330. The first-order valence-electron chi connectivity index (χ1n) is 8.72. The fraction of sp³-hybridized carbons (Fsp3) is 0.143. The molecule has 0 saturated heterocycles. The first kappa shape index (κ1) is 19.2. The summed E-state index contributed by atoms with van der Waals surface area (Å²) in [5, 5.41) is 1.69. The molecule has 2 heterocycles. The minimum absolute atomic E-state index is 0.108. The van der Waals surface area contributed by atoms with Crippen molar-refractivity contribution in [2.75, 3.05) is 0 Å². The van der Waals surface area contributed by atoms with Crippen LogP contribution in [0.25, 0.3) is 15.9 Å². The van der Waals surface area contributed by atoms with E-state index in [1.54, 1.807) is 11.4 Å². The van der Waals surface area contributed by atoms with Gasteiger partial charge in [0.1, 0.15) is 4.70 Å². The molecule has 0 bridgehead atoms. The summed E-state index contributed by atoms with van der Waals surface area (Å²) in [7, 11) is 0. The molecule has 4 nitrogen and oxygen atoms in total. The number of hydrogen-bond donors (Lipinski definition) is 0. The maximum atomic E-state index is 13.2. The van der Waals surface area contributed by atoms with Gasteiger partial charge in [0.15, 0.2) is 0 Å². The van der Waals surface area contributed by atoms with Crippen molar-refractivity contribution in [3.63, 3.8) is 0 Å². The van der Waals surface area contributed by atoms with Crippen molar-refractivity contribution < 1.29 is 13.2 Å². The summed E-state index contributed by atoms with van der Waals surface area (Å²) in [6, 6.07) is 13.5. The normalized spacial score (nSPS) is 11.9. The second-order valence-corrected chi connectivity index (χ2v) is 7.60. The molecule has 8 heteroatoms. The van der Waals surface area contributed by atoms with E-state index < -0.39 is 23.0 Å². The van der Waals surface area contributed by atoms with Gasteiger partial charge < -0.3 is 0 Å². The molecular formula is C21H15F3N2O2S. The molecule has 2 aromatic heterocycles. The van der Waals surface area contributed by atoms with Gasteiger partial charge in [-0.1, -0.05) is 35.9 Å². The van der Waals surface area contributed by atoms with E-state index in [4.69, 9.17) is 0 Å². The first-order valence-corrected chi connectivity index (χ1v) is 9.60. The lowest BCUT2D eigenvalue weighted by molar-refractivity contribution is -0.137. The molecule has 0 aliphatic heterocycles. The molecule has 0 fully saturated rings. The van der Waals surface area contributed by atoms with Crippen LogP contribution in [0.15, 0.2) is 69.6 Å². The molecule has 0 unspecified atom stereocenters. The van der Waals surface area contributed by atoms with Gasteiger partial charge >= 0.3 is 11.9 Å². The van der Waals surface area contributed by atoms with Gasteiger partial charge in [-0.05, 0) is 42.1 Å². The predicted molar refractivity (Wildman–Crippen MR) is 107 cm³/mol. The number of alkyl halides is 3. The second kappa shape index (κ2) is 7.04. The predicted octanol–water partition coefficient (Wildman–Crippen LogP) is 4.59. The number of hydrogen-bond acceptors (Lipinski definition) is 3. The van der Waals surface area contributed by atoms with E-state index in [0.717, 1.165) is 39.2 Å². The lowest BCUT2D eigenvalue weighted by atomic mass is 10.1. The van der Waals surface area contributed by atoms with Gasteiger partial charge in [0.05, 0.1) is 23.3 Å². The molecule has 148 valence electrons. The lowest BCUT2D eigenvalue weighted by Gasteiger charge is -2.14. The van der Waals surface area contributed by atoms with Crippen LogP contribution in [0.4, 0.5) is 13.2 Å². The minimum atomic E-state index is -4.58. The van der Waals surface area contributed by atoms with E-state index in [9.17, 15) is 22.8 Å². The fourth-order valence-electron chi connectivity index (χ4n) is 3.28. The largest absolute Gasteiger partial charge is 0.416 e. The molecule has 0 saturated carbocycles. The highest BCUT2D eigenvalue weighted by atomic mass is 32.1. The lowest BCUT2D eigenvalue weighted by Crippen LogP contribution is -2.38. The summed E-state index contributed by atoms with van der Waals surface area (Å²) in [4.78, 5) is 26.1. The van der Waals surface area contributed by atoms with Crippen LogP contribution in [0.2, 0.25) is 0 Å². The van der Waals surface area contributed by atoms with Crippen LogP contribution < -0.4 is 11.2 Å². The van der Waals surface area contributed by atoms with Gasteiger partial charge in [-0.2, -0.15) is 13.2 Å². The molecular weight excluding hydrogens is 401 g/mol. The molecule has 2 aromatic carbocycles. The van der Waals surface area contributed by atoms with E-state index in [-0.39, 0.29) is 12.2 Å². The van der Waals surface area contributed by atoms with Crippen LogP contribution in [0.1, 0.15) is 16.7 Å². The number of nitrogens with zero attached hydrogens (tertiary/aromatic N) is 2. The Balaban J connectivity index is 1.97. The standard InChI is InChI=1S/C21H15F3N2O2S/c1-13-4-2-5-14(10-13)12-25-17-8-9-29-18(17)19(27)26(20(25)28)16-7-3-6-15(11-16)21(22,23)24/h2-11H,12H2,1H3. The van der Waals surface area contributed by atoms with Gasteiger partial charge in [0.2, 0.25) is 0 Å². The zero-order valence-electron chi connectivity index (χ0n) is 15.2. The zero-order chi connectivity index (χ0) is 20.8. The van der Waals surface area contributed by atoms with Crippen molar-refractivity contribution in [2.45, 2.75) is 19.6 Å². The van der Waals surface area contributed by atoms with Gasteiger partial charge in [-0.15, -0.1) is 11.3 Å². The minimum Gasteiger partial charge on any atom is -0.288 e. The monoisotopic (exact) mass is 416 g/mol. The zero-order valence-corrected chi connectivity index (χ0v) is 16.1. The highest BCUT2D eigenvalue weighted by Crippen LogP contribution is 2.30. The molecule has 0 aliphatic rings. The van der Waals surface area contributed by atoms with E-state index in [1.807, 2.05) is 31.2 Å². The van der Waals surface area contributed by atoms with Gasteiger partial charge in [0.25, 0.3) is 5.56 Å². The van der Waals surface area contributed by atoms with Crippen LogP contribution in [0.3, 0.4) is 0 Å². The van der Waals surface area contributed by atoms with E-state index in [1.165, 1.54) is 16.7 Å². The number of benzene rings is 2. The average Bonchev–Trinajstić information content (AvgIpc) is 3.15. The topological polar surface area (TPSA) is 44.0 Å². The van der Waals surface area contributed by atoms with Gasteiger partial charge in [0, 0.05) is 0 Å². The van der Waals surface area contributed by atoms with Crippen molar-refractivity contribution in [2.24, 2.45) is 0 Å². The molecule has 0 radical (unpaired) electrons. The van der Waals surface area contributed by atoms with E-state index in [2.05, 4.69) is 0 Å². The summed E-state index contributed by atoms with van der Waals surface area (Å²) >= 11 is 1.15. The Labute approximate surface area is 167 Å². The van der Waals surface area contributed by atoms with E-state index >= 15 is 0 Å². The third-order valence-electron chi connectivity index (χ3n) is 4.61. The quantitative estimate of drug-likeness (QED) is 0.490. The maximum Gasteiger partial charge on any atom is 0.416 e. The number of thiophene rings is 1. The number of fused-ring (bicyclic) bond motifs is 1. The van der Waals surface area contributed by atoms with E-state index in [0.29, 0.717) is 10.2 Å². The fourth-order valence-corrected chi connectivity index (χ4v) is 4.11. The molecule has 4 rings (SSSR count). The highest BCUT2D eigenvalue weighted by Gasteiger charge is 2.31.